The van der Waals surface area contributed by atoms with Crippen molar-refractivity contribution >= 4 is 39.8 Å². The lowest BCUT2D eigenvalue weighted by Gasteiger charge is -2.44. The maximum Gasteiger partial charge on any atom is 0.193 e. The Bertz CT molecular complexity index is 575. The summed E-state index contributed by atoms with van der Waals surface area (Å²) in [5, 5.41) is 3.53. The van der Waals surface area contributed by atoms with E-state index in [4.69, 9.17) is 0 Å². The van der Waals surface area contributed by atoms with Crippen LogP contribution in [0.15, 0.2) is 4.99 Å². The topological polar surface area (TPSA) is 65.0 Å². The smallest absolute Gasteiger partial charge is 0.193 e. The first-order chi connectivity index (χ1) is 12.5. The maximum absolute atomic E-state index is 11.5. The average Bonchev–Trinajstić information content (AvgIpc) is 2.85. The SMILES string of the molecule is CN=C(NCCN1CCS(=O)(=O)CC1)N1CCCC2(CCCCCC2)C1.I. The van der Waals surface area contributed by atoms with Crippen LogP contribution in [-0.2, 0) is 9.84 Å². The Kier molecular flexibility index (Phi) is 9.12. The van der Waals surface area contributed by atoms with Crippen molar-refractivity contribution in [3.8, 4) is 0 Å². The van der Waals surface area contributed by atoms with Crippen LogP contribution in [-0.4, -0.2) is 82.0 Å². The molecule has 0 aromatic carbocycles. The van der Waals surface area contributed by atoms with E-state index in [1.807, 2.05) is 7.05 Å². The van der Waals surface area contributed by atoms with Gasteiger partial charge in [0.25, 0.3) is 0 Å². The standard InChI is InChI=1S/C19H36N4O2S.HI/c1-20-18(21-10-12-22-13-15-26(24,25)16-14-22)23-11-6-9-19(17-23)7-4-2-3-5-8-19;/h2-17H2,1H3,(H,20,21);1H. The molecule has 0 aromatic rings. The summed E-state index contributed by atoms with van der Waals surface area (Å²) in [5.41, 5.74) is 0.508. The van der Waals surface area contributed by atoms with E-state index in [1.54, 1.807) is 0 Å². The normalized spacial score (nSPS) is 26.3. The predicted octanol–water partition coefficient (Wildman–Crippen LogP) is 2.35. The van der Waals surface area contributed by atoms with Crippen LogP contribution in [0.1, 0.15) is 51.4 Å². The molecule has 0 amide bonds. The molecule has 8 heteroatoms. The monoisotopic (exact) mass is 512 g/mol. The average molecular weight is 513 g/mol. The Labute approximate surface area is 182 Å². The molecule has 0 radical (unpaired) electrons. The fourth-order valence-corrected chi connectivity index (χ4v) is 6.18. The molecule has 0 aromatic heterocycles. The molecule has 27 heavy (non-hydrogen) atoms. The van der Waals surface area contributed by atoms with Gasteiger partial charge in [0.05, 0.1) is 11.5 Å². The lowest BCUT2D eigenvalue weighted by atomic mass is 9.74. The predicted molar refractivity (Wildman–Crippen MR) is 123 cm³/mol. The van der Waals surface area contributed by atoms with Gasteiger partial charge in [-0.15, -0.1) is 24.0 Å². The van der Waals surface area contributed by atoms with Gasteiger partial charge in [0.1, 0.15) is 0 Å². The van der Waals surface area contributed by atoms with Crippen LogP contribution in [0.25, 0.3) is 0 Å². The minimum Gasteiger partial charge on any atom is -0.355 e. The van der Waals surface area contributed by atoms with Crippen molar-refractivity contribution in [2.75, 3.05) is 57.8 Å². The summed E-state index contributed by atoms with van der Waals surface area (Å²) in [6.07, 6.45) is 11.0. The summed E-state index contributed by atoms with van der Waals surface area (Å²) >= 11 is 0. The van der Waals surface area contributed by atoms with E-state index >= 15 is 0 Å². The van der Waals surface area contributed by atoms with Crippen LogP contribution in [0.2, 0.25) is 0 Å². The lowest BCUT2D eigenvalue weighted by molar-refractivity contribution is 0.115. The third-order valence-corrected chi connectivity index (χ3v) is 8.09. The van der Waals surface area contributed by atoms with E-state index in [0.717, 1.165) is 32.1 Å². The number of aliphatic imine (C=N–C) groups is 1. The van der Waals surface area contributed by atoms with Crippen LogP contribution in [0.4, 0.5) is 0 Å². The lowest BCUT2D eigenvalue weighted by Crippen LogP contribution is -2.52. The highest BCUT2D eigenvalue weighted by Gasteiger charge is 2.36. The second kappa shape index (κ2) is 10.6. The molecular weight excluding hydrogens is 475 g/mol. The van der Waals surface area contributed by atoms with Crippen molar-refractivity contribution in [1.29, 1.82) is 0 Å². The number of rotatable bonds is 3. The molecule has 2 aliphatic heterocycles. The fourth-order valence-electron chi connectivity index (χ4n) is 4.91. The van der Waals surface area contributed by atoms with Gasteiger partial charge in [0.2, 0.25) is 0 Å². The second-order valence-electron chi connectivity index (χ2n) is 8.41. The van der Waals surface area contributed by atoms with Gasteiger partial charge in [0.15, 0.2) is 15.8 Å². The number of hydrogen-bond acceptors (Lipinski definition) is 4. The first-order valence-electron chi connectivity index (χ1n) is 10.4. The number of nitrogens with zero attached hydrogens (tertiary/aromatic N) is 3. The molecular formula is C19H37IN4O2S. The van der Waals surface area contributed by atoms with E-state index in [0.29, 0.717) is 30.0 Å². The minimum atomic E-state index is -2.79. The van der Waals surface area contributed by atoms with E-state index in [1.165, 1.54) is 51.4 Å². The van der Waals surface area contributed by atoms with Crippen LogP contribution in [0, 0.1) is 5.41 Å². The van der Waals surface area contributed by atoms with Crippen molar-refractivity contribution in [3.63, 3.8) is 0 Å². The van der Waals surface area contributed by atoms with Gasteiger partial charge in [-0.05, 0) is 31.1 Å². The third-order valence-electron chi connectivity index (χ3n) is 6.49. The largest absolute Gasteiger partial charge is 0.355 e. The molecule has 2 heterocycles. The molecule has 1 N–H and O–H groups in total. The zero-order chi connectivity index (χ0) is 18.5. The fraction of sp³-hybridized carbons (Fsp3) is 0.947. The van der Waals surface area contributed by atoms with E-state index in [9.17, 15) is 8.42 Å². The molecule has 0 atom stereocenters. The molecule has 3 aliphatic rings. The first-order valence-corrected chi connectivity index (χ1v) is 12.2. The number of likely N-dealkylation sites (tertiary alicyclic amines) is 1. The van der Waals surface area contributed by atoms with Crippen molar-refractivity contribution in [3.05, 3.63) is 0 Å². The van der Waals surface area contributed by atoms with Gasteiger partial charge in [0, 0.05) is 46.3 Å². The minimum absolute atomic E-state index is 0. The summed E-state index contributed by atoms with van der Waals surface area (Å²) in [7, 11) is -0.913. The van der Waals surface area contributed by atoms with Crippen LogP contribution in [0.3, 0.4) is 0 Å². The van der Waals surface area contributed by atoms with Crippen LogP contribution in [0.5, 0.6) is 0 Å². The first kappa shape index (κ1) is 23.2. The van der Waals surface area contributed by atoms with E-state index in [-0.39, 0.29) is 24.0 Å². The molecule has 1 saturated carbocycles. The molecule has 2 saturated heterocycles. The van der Waals surface area contributed by atoms with Gasteiger partial charge >= 0.3 is 0 Å². The van der Waals surface area contributed by atoms with E-state index < -0.39 is 9.84 Å². The molecule has 6 nitrogen and oxygen atoms in total. The van der Waals surface area contributed by atoms with Crippen molar-refractivity contribution in [2.24, 2.45) is 10.4 Å². The van der Waals surface area contributed by atoms with Crippen LogP contribution >= 0.6 is 24.0 Å². The van der Waals surface area contributed by atoms with Gasteiger partial charge in [-0.1, -0.05) is 25.7 Å². The number of hydrogen-bond donors (Lipinski definition) is 1. The van der Waals surface area contributed by atoms with Crippen LogP contribution < -0.4 is 5.32 Å². The van der Waals surface area contributed by atoms with Crippen molar-refractivity contribution in [1.82, 2.24) is 15.1 Å². The Hall–Kier alpha value is -0.0900. The molecule has 3 fully saturated rings. The van der Waals surface area contributed by atoms with Gasteiger partial charge in [-0.25, -0.2) is 8.42 Å². The van der Waals surface area contributed by atoms with Gasteiger partial charge in [-0.3, -0.25) is 9.89 Å². The number of halogens is 1. The summed E-state index contributed by atoms with van der Waals surface area (Å²) in [4.78, 5) is 9.24. The van der Waals surface area contributed by atoms with Crippen molar-refractivity contribution in [2.45, 2.75) is 51.4 Å². The summed E-state index contributed by atoms with van der Waals surface area (Å²) < 4.78 is 23.1. The Morgan fingerprint density at radius 3 is 2.26 bits per heavy atom. The van der Waals surface area contributed by atoms with Crippen molar-refractivity contribution < 1.29 is 8.42 Å². The summed E-state index contributed by atoms with van der Waals surface area (Å²) in [6, 6.07) is 0. The molecule has 158 valence electrons. The zero-order valence-electron chi connectivity index (χ0n) is 16.8. The third kappa shape index (κ3) is 6.73. The molecule has 1 aliphatic carbocycles. The quantitative estimate of drug-likeness (QED) is 0.358. The highest BCUT2D eigenvalue weighted by atomic mass is 127. The molecule has 3 rings (SSSR count). The molecule has 0 unspecified atom stereocenters. The molecule has 1 spiro atoms. The number of nitrogens with one attached hydrogen (secondary N) is 1. The van der Waals surface area contributed by atoms with Gasteiger partial charge in [-0.2, -0.15) is 0 Å². The number of guanidine groups is 1. The maximum atomic E-state index is 11.5. The highest BCUT2D eigenvalue weighted by Crippen LogP contribution is 2.42. The Morgan fingerprint density at radius 2 is 1.63 bits per heavy atom. The summed E-state index contributed by atoms with van der Waals surface area (Å²) in [5.74, 6) is 1.63. The van der Waals surface area contributed by atoms with Gasteiger partial charge < -0.3 is 10.2 Å². The highest BCUT2D eigenvalue weighted by molar-refractivity contribution is 14.0. The Balaban J connectivity index is 0.00000261. The Morgan fingerprint density at radius 1 is 1.00 bits per heavy atom. The molecule has 0 bridgehead atoms. The summed E-state index contributed by atoms with van der Waals surface area (Å²) in [6.45, 7) is 5.28. The number of sulfone groups is 1. The number of piperidine rings is 1. The van der Waals surface area contributed by atoms with E-state index in [2.05, 4.69) is 20.1 Å². The zero-order valence-corrected chi connectivity index (χ0v) is 19.9. The second-order valence-corrected chi connectivity index (χ2v) is 10.7.